The Labute approximate surface area is 113 Å². The van der Waals surface area contributed by atoms with Gasteiger partial charge in [-0.3, -0.25) is 9.38 Å². The van der Waals surface area contributed by atoms with E-state index in [9.17, 15) is 0 Å². The zero-order chi connectivity index (χ0) is 12.7. The lowest BCUT2D eigenvalue weighted by atomic mass is 10.3. The average Bonchev–Trinajstić information content (AvgIpc) is 2.69. The summed E-state index contributed by atoms with van der Waals surface area (Å²) < 4.78 is 1.66. The molecular weight excluding hydrogens is 271 g/mol. The van der Waals surface area contributed by atoms with Crippen molar-refractivity contribution in [2.24, 2.45) is 0 Å². The van der Waals surface area contributed by atoms with Crippen LogP contribution in [0.3, 0.4) is 0 Å². The van der Waals surface area contributed by atoms with Crippen LogP contribution in [-0.4, -0.2) is 14.4 Å². The Bertz CT molecular complexity index is 722. The lowest BCUT2D eigenvalue weighted by molar-refractivity contribution is 1.20. The highest BCUT2D eigenvalue weighted by Crippen LogP contribution is 2.29. The van der Waals surface area contributed by atoms with Gasteiger partial charge < -0.3 is 5.73 Å². The third-order valence-electron chi connectivity index (χ3n) is 2.59. The van der Waals surface area contributed by atoms with Crippen molar-refractivity contribution in [3.63, 3.8) is 0 Å². The largest absolute Gasteiger partial charge is 0.383 e. The molecule has 0 saturated heterocycles. The number of fused-ring (bicyclic) bond motifs is 1. The summed E-state index contributed by atoms with van der Waals surface area (Å²) >= 11 is 12.0. The second-order valence-electron chi connectivity index (χ2n) is 3.76. The van der Waals surface area contributed by atoms with Crippen LogP contribution < -0.4 is 5.73 Å². The number of nitrogen functional groups attached to an aromatic ring is 1. The third kappa shape index (κ3) is 1.70. The standard InChI is InChI=1S/C12H8Cl2N4/c13-7-5-8(14)12-17-10(11(15)18(12)6-7)9-3-1-2-4-16-9/h1-6H,15H2. The molecule has 4 nitrogen and oxygen atoms in total. The number of hydrogen-bond acceptors (Lipinski definition) is 3. The first-order valence-electron chi connectivity index (χ1n) is 5.21. The highest BCUT2D eigenvalue weighted by atomic mass is 35.5. The molecule has 3 aromatic rings. The molecule has 90 valence electrons. The first-order valence-corrected chi connectivity index (χ1v) is 5.96. The molecule has 0 unspecified atom stereocenters. The third-order valence-corrected chi connectivity index (χ3v) is 3.07. The monoisotopic (exact) mass is 278 g/mol. The molecule has 0 amide bonds. The van der Waals surface area contributed by atoms with Gasteiger partial charge in [-0.1, -0.05) is 29.3 Å². The second kappa shape index (κ2) is 4.15. The van der Waals surface area contributed by atoms with E-state index in [1.807, 2.05) is 18.2 Å². The molecule has 0 aliphatic carbocycles. The molecule has 0 spiro atoms. The van der Waals surface area contributed by atoms with E-state index in [0.717, 1.165) is 0 Å². The van der Waals surface area contributed by atoms with Gasteiger partial charge in [0.1, 0.15) is 11.5 Å². The van der Waals surface area contributed by atoms with Gasteiger partial charge in [-0.15, -0.1) is 0 Å². The van der Waals surface area contributed by atoms with E-state index in [1.165, 1.54) is 0 Å². The van der Waals surface area contributed by atoms with Crippen molar-refractivity contribution < 1.29 is 0 Å². The minimum Gasteiger partial charge on any atom is -0.383 e. The van der Waals surface area contributed by atoms with Gasteiger partial charge in [0, 0.05) is 12.4 Å². The Balaban J connectivity index is 2.33. The Morgan fingerprint density at radius 3 is 2.78 bits per heavy atom. The number of anilines is 1. The van der Waals surface area contributed by atoms with Crippen LogP contribution in [0.25, 0.3) is 17.0 Å². The number of aromatic nitrogens is 3. The van der Waals surface area contributed by atoms with Gasteiger partial charge >= 0.3 is 0 Å². The zero-order valence-corrected chi connectivity index (χ0v) is 10.7. The quantitative estimate of drug-likeness (QED) is 0.743. The Morgan fingerprint density at radius 2 is 2.06 bits per heavy atom. The van der Waals surface area contributed by atoms with Crippen molar-refractivity contribution in [1.82, 2.24) is 14.4 Å². The molecule has 6 heteroatoms. The summed E-state index contributed by atoms with van der Waals surface area (Å²) in [5, 5.41) is 0.959. The minimum absolute atomic E-state index is 0.455. The van der Waals surface area contributed by atoms with Crippen LogP contribution in [0.5, 0.6) is 0 Å². The van der Waals surface area contributed by atoms with Crippen LogP contribution in [0.4, 0.5) is 5.82 Å². The zero-order valence-electron chi connectivity index (χ0n) is 9.14. The predicted octanol–water partition coefficient (Wildman–Crippen LogP) is 3.29. The number of nitrogens with two attached hydrogens (primary N) is 1. The molecule has 0 radical (unpaired) electrons. The van der Waals surface area contributed by atoms with Crippen molar-refractivity contribution >= 4 is 34.7 Å². The van der Waals surface area contributed by atoms with Crippen molar-refractivity contribution in [2.75, 3.05) is 5.73 Å². The summed E-state index contributed by atoms with van der Waals surface area (Å²) in [5.74, 6) is 0.466. The molecular formula is C12H8Cl2N4. The smallest absolute Gasteiger partial charge is 0.158 e. The van der Waals surface area contributed by atoms with E-state index in [2.05, 4.69) is 9.97 Å². The van der Waals surface area contributed by atoms with E-state index < -0.39 is 0 Å². The van der Waals surface area contributed by atoms with Gasteiger partial charge in [-0.25, -0.2) is 4.98 Å². The van der Waals surface area contributed by atoms with E-state index in [4.69, 9.17) is 28.9 Å². The Kier molecular flexibility index (Phi) is 2.61. The highest BCUT2D eigenvalue weighted by molar-refractivity contribution is 6.36. The number of rotatable bonds is 1. The SMILES string of the molecule is Nc1c(-c2ccccn2)nc2c(Cl)cc(Cl)cn12. The topological polar surface area (TPSA) is 56.2 Å². The molecule has 3 rings (SSSR count). The second-order valence-corrected chi connectivity index (χ2v) is 4.60. The molecule has 3 aromatic heterocycles. The minimum atomic E-state index is 0.455. The summed E-state index contributed by atoms with van der Waals surface area (Å²) in [5.41, 5.74) is 7.92. The molecule has 0 aromatic carbocycles. The average molecular weight is 279 g/mol. The lowest BCUT2D eigenvalue weighted by Crippen LogP contribution is -1.94. The Hall–Kier alpha value is -1.78. The lowest BCUT2D eigenvalue weighted by Gasteiger charge is -1.99. The molecule has 0 saturated carbocycles. The van der Waals surface area contributed by atoms with Gasteiger partial charge in [0.15, 0.2) is 5.65 Å². The summed E-state index contributed by atoms with van der Waals surface area (Å²) in [6, 6.07) is 7.18. The maximum absolute atomic E-state index is 6.09. The molecule has 0 fully saturated rings. The number of halogens is 2. The van der Waals surface area contributed by atoms with Crippen LogP contribution in [-0.2, 0) is 0 Å². The van der Waals surface area contributed by atoms with Crippen molar-refractivity contribution in [3.8, 4) is 11.4 Å². The molecule has 3 heterocycles. The molecule has 0 aliphatic rings. The van der Waals surface area contributed by atoms with Crippen molar-refractivity contribution in [1.29, 1.82) is 0 Å². The van der Waals surface area contributed by atoms with E-state index in [-0.39, 0.29) is 0 Å². The van der Waals surface area contributed by atoms with Crippen LogP contribution in [0.15, 0.2) is 36.7 Å². The summed E-state index contributed by atoms with van der Waals surface area (Å²) in [6.45, 7) is 0. The van der Waals surface area contributed by atoms with Gasteiger partial charge in [-0.05, 0) is 18.2 Å². The fraction of sp³-hybridized carbons (Fsp3) is 0. The first kappa shape index (κ1) is 11.3. The molecule has 18 heavy (non-hydrogen) atoms. The van der Waals surface area contributed by atoms with Gasteiger partial charge in [-0.2, -0.15) is 0 Å². The van der Waals surface area contributed by atoms with E-state index in [0.29, 0.717) is 32.9 Å². The van der Waals surface area contributed by atoms with E-state index >= 15 is 0 Å². The van der Waals surface area contributed by atoms with Gasteiger partial charge in [0.25, 0.3) is 0 Å². The molecule has 0 atom stereocenters. The number of hydrogen-bond donors (Lipinski definition) is 1. The number of pyridine rings is 2. The molecule has 2 N–H and O–H groups in total. The fourth-order valence-corrected chi connectivity index (χ4v) is 2.30. The summed E-state index contributed by atoms with van der Waals surface area (Å²) in [7, 11) is 0. The van der Waals surface area contributed by atoms with Crippen LogP contribution in [0, 0.1) is 0 Å². The molecule has 0 aliphatic heterocycles. The predicted molar refractivity (Wildman–Crippen MR) is 72.9 cm³/mol. The van der Waals surface area contributed by atoms with Crippen LogP contribution >= 0.6 is 23.2 Å². The fourth-order valence-electron chi connectivity index (χ4n) is 1.78. The first-order chi connectivity index (χ1) is 8.66. The van der Waals surface area contributed by atoms with Gasteiger partial charge in [0.2, 0.25) is 0 Å². The maximum Gasteiger partial charge on any atom is 0.158 e. The van der Waals surface area contributed by atoms with Crippen molar-refractivity contribution in [2.45, 2.75) is 0 Å². The molecule has 0 bridgehead atoms. The van der Waals surface area contributed by atoms with Crippen LogP contribution in [0.2, 0.25) is 10.0 Å². The van der Waals surface area contributed by atoms with Crippen LogP contribution in [0.1, 0.15) is 0 Å². The Morgan fingerprint density at radius 1 is 1.22 bits per heavy atom. The van der Waals surface area contributed by atoms with E-state index in [1.54, 1.807) is 22.9 Å². The maximum atomic E-state index is 6.09. The van der Waals surface area contributed by atoms with Crippen molar-refractivity contribution in [3.05, 3.63) is 46.7 Å². The summed E-state index contributed by atoms with van der Waals surface area (Å²) in [6.07, 6.45) is 3.37. The normalized spacial score (nSPS) is 11.0. The number of nitrogens with zero attached hydrogens (tertiary/aromatic N) is 3. The highest BCUT2D eigenvalue weighted by Gasteiger charge is 2.14. The van der Waals surface area contributed by atoms with Gasteiger partial charge in [0.05, 0.1) is 15.7 Å². The number of imidazole rings is 1. The summed E-state index contributed by atoms with van der Waals surface area (Å²) in [4.78, 5) is 8.63.